The summed E-state index contributed by atoms with van der Waals surface area (Å²) in [5.41, 5.74) is 0.424. The lowest BCUT2D eigenvalue weighted by molar-refractivity contribution is -0.135. The molecular formula is C24H20ClN3O5. The summed E-state index contributed by atoms with van der Waals surface area (Å²) >= 11 is 6.42. The maximum absolute atomic E-state index is 14.0. The number of carbonyl (C=O) groups excluding carboxylic acids is 3. The number of anilines is 2. The van der Waals surface area contributed by atoms with Crippen LogP contribution >= 0.6 is 11.6 Å². The maximum Gasteiger partial charge on any atom is 0.250 e. The molecule has 168 valence electrons. The molecule has 0 unspecified atom stereocenters. The Morgan fingerprint density at radius 3 is 2.70 bits per heavy atom. The number of carbonyl (C=O) groups is 3. The Hall–Kier alpha value is -3.10. The highest BCUT2D eigenvalue weighted by atomic mass is 35.5. The predicted octanol–water partition coefficient (Wildman–Crippen LogP) is 2.54. The van der Waals surface area contributed by atoms with Crippen LogP contribution in [0.1, 0.15) is 18.4 Å². The lowest BCUT2D eigenvalue weighted by Gasteiger charge is -2.36. The molecule has 5 heterocycles. The average molecular weight is 466 g/mol. The van der Waals surface area contributed by atoms with Crippen LogP contribution in [0.5, 0.6) is 11.5 Å². The van der Waals surface area contributed by atoms with E-state index in [1.54, 1.807) is 30.3 Å². The fraction of sp³-hybridized carbons (Fsp3) is 0.375. The molecule has 3 saturated heterocycles. The second-order valence-corrected chi connectivity index (χ2v) is 9.54. The van der Waals surface area contributed by atoms with Gasteiger partial charge < -0.3 is 14.8 Å². The van der Waals surface area contributed by atoms with Crippen molar-refractivity contribution in [3.63, 3.8) is 0 Å². The average Bonchev–Trinajstić information content (AvgIpc) is 3.53. The number of benzene rings is 2. The van der Waals surface area contributed by atoms with Crippen LogP contribution in [0.2, 0.25) is 5.02 Å². The Kier molecular flexibility index (Phi) is 3.81. The Bertz CT molecular complexity index is 1260. The minimum Gasteiger partial charge on any atom is -0.486 e. The first-order valence-corrected chi connectivity index (χ1v) is 11.6. The van der Waals surface area contributed by atoms with E-state index in [4.69, 9.17) is 21.1 Å². The van der Waals surface area contributed by atoms with Gasteiger partial charge in [-0.25, -0.2) is 4.90 Å². The standard InChI is InChI=1S/C24H20ClN3O5/c25-14-4-1-3-13-20(14)26-23(31)24(13)19-18(15-5-2-8-27(15)24)21(29)28(22(19)30)12-6-7-16-17(11-12)33-10-9-32-16/h1,3-4,6-7,11,15,18-19H,2,5,8-10H2,(H,26,31)/t15-,18+,19-,24+/m0/s1. The van der Waals surface area contributed by atoms with Crippen LogP contribution in [-0.2, 0) is 19.9 Å². The van der Waals surface area contributed by atoms with Gasteiger partial charge in [-0.1, -0.05) is 23.7 Å². The van der Waals surface area contributed by atoms with Crippen molar-refractivity contribution in [2.45, 2.75) is 24.4 Å². The summed E-state index contributed by atoms with van der Waals surface area (Å²) in [6, 6.07) is 10.3. The monoisotopic (exact) mass is 465 g/mol. The molecule has 0 bridgehead atoms. The molecule has 0 radical (unpaired) electrons. The quantitative estimate of drug-likeness (QED) is 0.651. The number of hydrogen-bond donors (Lipinski definition) is 1. The van der Waals surface area contributed by atoms with Crippen molar-refractivity contribution in [1.82, 2.24) is 4.90 Å². The van der Waals surface area contributed by atoms with Crippen molar-refractivity contribution in [3.8, 4) is 11.5 Å². The second-order valence-electron chi connectivity index (χ2n) is 9.13. The molecule has 0 aromatic heterocycles. The maximum atomic E-state index is 14.0. The molecule has 0 saturated carbocycles. The zero-order chi connectivity index (χ0) is 22.5. The van der Waals surface area contributed by atoms with Crippen LogP contribution in [0.25, 0.3) is 0 Å². The van der Waals surface area contributed by atoms with Gasteiger partial charge in [0.25, 0.3) is 5.91 Å². The topological polar surface area (TPSA) is 88.2 Å². The van der Waals surface area contributed by atoms with Crippen LogP contribution in [0.4, 0.5) is 11.4 Å². The van der Waals surface area contributed by atoms with Crippen LogP contribution in [0, 0.1) is 11.8 Å². The largest absolute Gasteiger partial charge is 0.486 e. The molecule has 33 heavy (non-hydrogen) atoms. The molecule has 9 heteroatoms. The Morgan fingerprint density at radius 2 is 1.85 bits per heavy atom. The van der Waals surface area contributed by atoms with E-state index in [9.17, 15) is 14.4 Å². The molecule has 8 nitrogen and oxygen atoms in total. The number of fused-ring (bicyclic) bond motifs is 8. The van der Waals surface area contributed by atoms with Crippen molar-refractivity contribution < 1.29 is 23.9 Å². The van der Waals surface area contributed by atoms with E-state index in [1.165, 1.54) is 4.90 Å². The zero-order valence-electron chi connectivity index (χ0n) is 17.5. The van der Waals surface area contributed by atoms with E-state index in [0.29, 0.717) is 53.2 Å². The number of hydrogen-bond acceptors (Lipinski definition) is 6. The van der Waals surface area contributed by atoms with Crippen molar-refractivity contribution >= 4 is 40.7 Å². The molecule has 1 N–H and O–H groups in total. The summed E-state index contributed by atoms with van der Waals surface area (Å²) in [4.78, 5) is 44.7. The SMILES string of the molecule is O=C1[C@H]2[C@@H](C(=O)N1c1ccc3c(c1)OCCO3)[C@]1(C(=O)Nc3c(Cl)cccc31)N1CCC[C@@H]21. The number of rotatable bonds is 1. The van der Waals surface area contributed by atoms with E-state index < -0.39 is 17.4 Å². The van der Waals surface area contributed by atoms with Gasteiger partial charge in [-0.05, 0) is 37.6 Å². The number of imide groups is 1. The molecule has 5 aliphatic rings. The van der Waals surface area contributed by atoms with Crippen LogP contribution < -0.4 is 19.7 Å². The molecule has 1 spiro atoms. The van der Waals surface area contributed by atoms with Crippen molar-refractivity contribution in [1.29, 1.82) is 0 Å². The highest BCUT2D eigenvalue weighted by molar-refractivity contribution is 6.35. The Balaban J connectivity index is 1.39. The lowest BCUT2D eigenvalue weighted by atomic mass is 9.75. The minimum atomic E-state index is -1.23. The van der Waals surface area contributed by atoms with Gasteiger partial charge in [0.05, 0.1) is 28.2 Å². The molecule has 7 rings (SSSR count). The number of halogens is 1. The second kappa shape index (κ2) is 6.48. The fourth-order valence-corrected chi connectivity index (χ4v) is 6.84. The van der Waals surface area contributed by atoms with E-state index in [-0.39, 0.29) is 23.8 Å². The van der Waals surface area contributed by atoms with Crippen molar-refractivity contribution in [3.05, 3.63) is 47.0 Å². The molecule has 2 aromatic rings. The third-order valence-corrected chi connectivity index (χ3v) is 8.08. The Labute approximate surface area is 194 Å². The normalized spacial score (nSPS) is 31.7. The smallest absolute Gasteiger partial charge is 0.250 e. The minimum absolute atomic E-state index is 0.177. The van der Waals surface area contributed by atoms with Crippen LogP contribution in [-0.4, -0.2) is 48.4 Å². The number of ether oxygens (including phenoxy) is 2. The number of para-hydroxylation sites is 1. The van der Waals surface area contributed by atoms with E-state index >= 15 is 0 Å². The van der Waals surface area contributed by atoms with Gasteiger partial charge in [-0.2, -0.15) is 0 Å². The first-order valence-electron chi connectivity index (χ1n) is 11.2. The molecule has 2 aromatic carbocycles. The molecule has 0 aliphatic carbocycles. The molecule has 3 amide bonds. The molecular weight excluding hydrogens is 446 g/mol. The van der Waals surface area contributed by atoms with Crippen molar-refractivity contribution in [2.24, 2.45) is 11.8 Å². The van der Waals surface area contributed by atoms with E-state index in [2.05, 4.69) is 10.2 Å². The Morgan fingerprint density at radius 1 is 1.03 bits per heavy atom. The van der Waals surface area contributed by atoms with E-state index in [0.717, 1.165) is 12.8 Å². The van der Waals surface area contributed by atoms with Crippen LogP contribution in [0.3, 0.4) is 0 Å². The van der Waals surface area contributed by atoms with Gasteiger partial charge >= 0.3 is 0 Å². The third kappa shape index (κ3) is 2.23. The van der Waals surface area contributed by atoms with E-state index in [1.807, 2.05) is 6.07 Å². The lowest BCUT2D eigenvalue weighted by Crippen LogP contribution is -2.54. The first-order chi connectivity index (χ1) is 16.0. The van der Waals surface area contributed by atoms with Crippen molar-refractivity contribution in [2.75, 3.05) is 30.0 Å². The van der Waals surface area contributed by atoms with Gasteiger partial charge in [0.1, 0.15) is 18.8 Å². The first kappa shape index (κ1) is 19.4. The number of amides is 3. The highest BCUT2D eigenvalue weighted by Crippen LogP contribution is 2.61. The zero-order valence-corrected chi connectivity index (χ0v) is 18.3. The fourth-order valence-electron chi connectivity index (χ4n) is 6.62. The van der Waals surface area contributed by atoms with Gasteiger partial charge in [-0.3, -0.25) is 19.3 Å². The van der Waals surface area contributed by atoms with Gasteiger partial charge in [0.2, 0.25) is 11.8 Å². The van der Waals surface area contributed by atoms with Gasteiger partial charge in [0, 0.05) is 17.7 Å². The number of nitrogens with one attached hydrogen (secondary N) is 1. The van der Waals surface area contributed by atoms with Crippen LogP contribution in [0.15, 0.2) is 36.4 Å². The summed E-state index contributed by atoms with van der Waals surface area (Å²) in [7, 11) is 0. The highest BCUT2D eigenvalue weighted by Gasteiger charge is 2.74. The third-order valence-electron chi connectivity index (χ3n) is 7.76. The summed E-state index contributed by atoms with van der Waals surface area (Å²) in [6.45, 7) is 1.51. The number of nitrogens with zero attached hydrogens (tertiary/aromatic N) is 2. The summed E-state index contributed by atoms with van der Waals surface area (Å²) < 4.78 is 11.2. The molecule has 5 aliphatic heterocycles. The van der Waals surface area contributed by atoms with Gasteiger partial charge in [0.15, 0.2) is 11.5 Å². The van der Waals surface area contributed by atoms with Gasteiger partial charge in [-0.15, -0.1) is 0 Å². The molecule has 3 fully saturated rings. The predicted molar refractivity (Wildman–Crippen MR) is 118 cm³/mol. The summed E-state index contributed by atoms with van der Waals surface area (Å²) in [5, 5.41) is 3.35. The summed E-state index contributed by atoms with van der Waals surface area (Å²) in [5.74, 6) is -1.23. The molecule has 4 atom stereocenters. The summed E-state index contributed by atoms with van der Waals surface area (Å²) in [6.07, 6.45) is 1.63.